The molecule has 0 aliphatic heterocycles. The van der Waals surface area contributed by atoms with Crippen molar-refractivity contribution in [3.8, 4) is 17.2 Å². The molecule has 6 heteroatoms. The van der Waals surface area contributed by atoms with Gasteiger partial charge >= 0.3 is 0 Å². The lowest BCUT2D eigenvalue weighted by Crippen LogP contribution is -1.95. The van der Waals surface area contributed by atoms with Crippen molar-refractivity contribution in [1.29, 1.82) is 0 Å². The van der Waals surface area contributed by atoms with E-state index in [1.807, 2.05) is 18.4 Å². The van der Waals surface area contributed by atoms with E-state index >= 15 is 0 Å². The molecular weight excluding hydrogens is 310 g/mol. The summed E-state index contributed by atoms with van der Waals surface area (Å²) >= 11 is 1.48. The normalized spacial score (nSPS) is 11.3. The van der Waals surface area contributed by atoms with Crippen LogP contribution in [-0.2, 0) is 11.5 Å². The van der Waals surface area contributed by atoms with E-state index < -0.39 is 0 Å². The van der Waals surface area contributed by atoms with Crippen molar-refractivity contribution in [3.63, 3.8) is 0 Å². The van der Waals surface area contributed by atoms with Gasteiger partial charge in [0, 0.05) is 5.56 Å². The maximum Gasteiger partial charge on any atom is 0.251 e. The first-order valence-electron chi connectivity index (χ1n) is 7.53. The van der Waals surface area contributed by atoms with Gasteiger partial charge < -0.3 is 4.42 Å². The Bertz CT molecular complexity index is 851. The Morgan fingerprint density at radius 2 is 1.83 bits per heavy atom. The number of hydrogen-bond acceptors (Lipinski definition) is 5. The lowest BCUT2D eigenvalue weighted by atomic mass is 10.1. The highest BCUT2D eigenvalue weighted by molar-refractivity contribution is 7.98. The summed E-state index contributed by atoms with van der Waals surface area (Å²) in [7, 11) is 0. The van der Waals surface area contributed by atoms with Gasteiger partial charge in [0.25, 0.3) is 5.71 Å². The molecule has 0 amide bonds. The van der Waals surface area contributed by atoms with Gasteiger partial charge in [0.05, 0.1) is 5.69 Å². The number of benzene rings is 1. The van der Waals surface area contributed by atoms with Gasteiger partial charge in [-0.15, -0.1) is 0 Å². The third-order valence-corrected chi connectivity index (χ3v) is 4.23. The van der Waals surface area contributed by atoms with Crippen LogP contribution in [-0.4, -0.2) is 21.2 Å². The fourth-order valence-corrected chi connectivity index (χ4v) is 2.93. The summed E-state index contributed by atoms with van der Waals surface area (Å²) in [5.41, 5.74) is 4.29. The van der Waals surface area contributed by atoms with Crippen LogP contribution in [0.2, 0.25) is 0 Å². The van der Waals surface area contributed by atoms with Crippen LogP contribution in [0, 0.1) is 13.8 Å². The number of aryl methyl sites for hydroxylation is 3. The largest absolute Gasteiger partial charge is 0.418 e. The molecule has 1 aromatic carbocycles. The second-order valence-corrected chi connectivity index (χ2v) is 6.29. The molecule has 2 heterocycles. The van der Waals surface area contributed by atoms with Crippen molar-refractivity contribution in [3.05, 3.63) is 29.0 Å². The number of hydrogen-bond donors (Lipinski definition) is 0. The molecule has 2 aromatic heterocycles. The lowest BCUT2D eigenvalue weighted by Gasteiger charge is -2.02. The number of rotatable bonds is 4. The molecule has 0 bridgehead atoms. The van der Waals surface area contributed by atoms with E-state index in [-0.39, 0.29) is 5.75 Å². The average molecular weight is 328 g/mol. The van der Waals surface area contributed by atoms with Crippen molar-refractivity contribution in [1.82, 2.24) is 15.0 Å². The first kappa shape index (κ1) is 15.8. The summed E-state index contributed by atoms with van der Waals surface area (Å²) in [6, 6.07) is 3.62. The van der Waals surface area contributed by atoms with E-state index in [1.54, 1.807) is 13.8 Å². The number of oxazole rings is 1. The minimum Gasteiger partial charge on any atom is -0.418 e. The maximum absolute atomic E-state index is 11.9. The van der Waals surface area contributed by atoms with Crippen LogP contribution in [0.5, 0.6) is 5.75 Å². The predicted molar refractivity (Wildman–Crippen MR) is 90.4 cm³/mol. The minimum atomic E-state index is 0.0565. The van der Waals surface area contributed by atoms with E-state index in [0.29, 0.717) is 33.4 Å². The minimum absolute atomic E-state index is 0.0565. The second-order valence-electron chi connectivity index (χ2n) is 5.52. The van der Waals surface area contributed by atoms with Crippen molar-refractivity contribution >= 4 is 23.0 Å². The Labute approximate surface area is 139 Å². The quantitative estimate of drug-likeness (QED) is 0.512. The summed E-state index contributed by atoms with van der Waals surface area (Å²) in [6.45, 7) is 5.71. The van der Waals surface area contributed by atoms with Gasteiger partial charge in [0.15, 0.2) is 16.4 Å². The maximum atomic E-state index is 11.9. The molecule has 0 saturated heterocycles. The van der Waals surface area contributed by atoms with Crippen LogP contribution in [0.15, 0.2) is 21.7 Å². The molecular formula is C17H18N3O2S. The van der Waals surface area contributed by atoms with Gasteiger partial charge in [-0.2, -0.15) is 4.98 Å². The fourth-order valence-electron chi connectivity index (χ4n) is 2.56. The Kier molecular flexibility index (Phi) is 4.26. The van der Waals surface area contributed by atoms with E-state index in [9.17, 15) is 5.11 Å². The first-order chi connectivity index (χ1) is 11.0. The van der Waals surface area contributed by atoms with Crippen LogP contribution in [0.4, 0.5) is 0 Å². The Morgan fingerprint density at radius 1 is 1.13 bits per heavy atom. The van der Waals surface area contributed by atoms with Gasteiger partial charge in [-0.3, -0.25) is 5.11 Å². The zero-order chi connectivity index (χ0) is 16.6. The van der Waals surface area contributed by atoms with Gasteiger partial charge in [-0.05, 0) is 49.8 Å². The lowest BCUT2D eigenvalue weighted by molar-refractivity contribution is 0.348. The van der Waals surface area contributed by atoms with E-state index in [1.165, 1.54) is 11.8 Å². The van der Waals surface area contributed by atoms with Crippen LogP contribution in [0.1, 0.15) is 30.2 Å². The van der Waals surface area contributed by atoms with Crippen LogP contribution < -0.4 is 0 Å². The highest BCUT2D eigenvalue weighted by Gasteiger charge is 2.17. The molecule has 5 nitrogen and oxygen atoms in total. The van der Waals surface area contributed by atoms with Crippen LogP contribution in [0.3, 0.4) is 0 Å². The molecule has 0 spiro atoms. The van der Waals surface area contributed by atoms with E-state index in [2.05, 4.69) is 21.9 Å². The molecule has 0 N–H and O–H groups in total. The molecule has 0 aliphatic rings. The van der Waals surface area contributed by atoms with Crippen molar-refractivity contribution < 1.29 is 9.52 Å². The number of thioether (sulfide) groups is 1. The molecule has 0 unspecified atom stereocenters. The topological polar surface area (TPSA) is 71.7 Å². The van der Waals surface area contributed by atoms with Gasteiger partial charge in [0.2, 0.25) is 5.89 Å². The third kappa shape index (κ3) is 2.91. The Morgan fingerprint density at radius 3 is 2.43 bits per heavy atom. The molecule has 3 rings (SSSR count). The fraction of sp³-hybridized carbons (Fsp3) is 0.353. The molecule has 1 radical (unpaired) electrons. The van der Waals surface area contributed by atoms with Crippen molar-refractivity contribution in [2.24, 2.45) is 0 Å². The van der Waals surface area contributed by atoms with Gasteiger partial charge in [-0.1, -0.05) is 25.1 Å². The highest BCUT2D eigenvalue weighted by atomic mass is 32.2. The second kappa shape index (κ2) is 6.20. The zero-order valence-corrected chi connectivity index (χ0v) is 14.5. The molecule has 0 fully saturated rings. The Hall–Kier alpha value is -2.08. The molecule has 0 saturated carbocycles. The smallest absolute Gasteiger partial charge is 0.251 e. The summed E-state index contributed by atoms with van der Waals surface area (Å²) < 4.78 is 5.86. The summed E-state index contributed by atoms with van der Waals surface area (Å²) in [5, 5.41) is 12.6. The highest BCUT2D eigenvalue weighted by Crippen LogP contribution is 2.31. The average Bonchev–Trinajstić information content (AvgIpc) is 2.96. The predicted octanol–water partition coefficient (Wildman–Crippen LogP) is 4.72. The van der Waals surface area contributed by atoms with Crippen LogP contribution in [0.25, 0.3) is 22.7 Å². The van der Waals surface area contributed by atoms with Crippen LogP contribution >= 0.6 is 11.8 Å². The summed E-state index contributed by atoms with van der Waals surface area (Å²) in [6.07, 6.45) is 3.75. The zero-order valence-electron chi connectivity index (χ0n) is 13.6. The molecule has 0 aliphatic carbocycles. The summed E-state index contributed by atoms with van der Waals surface area (Å²) in [5.74, 6) is 0.539. The van der Waals surface area contributed by atoms with E-state index in [4.69, 9.17) is 4.42 Å². The standard InChI is InChI=1S/C17H18N3O2S/c1-5-6-12-13-16(20-17(18-12)23-4)22-15(19-13)11-7-9(2)14(21)10(3)8-11/h7-8H,5-6H2,1-4H3. The van der Waals surface area contributed by atoms with Crippen molar-refractivity contribution in [2.45, 2.75) is 38.8 Å². The molecule has 3 aromatic rings. The SMILES string of the molecule is CCCc1nc(SC)nc2oc(-c3cc(C)c([O])c(C)c3)nc12. The van der Waals surface area contributed by atoms with Gasteiger partial charge in [-0.25, -0.2) is 9.97 Å². The van der Waals surface area contributed by atoms with E-state index in [0.717, 1.165) is 24.1 Å². The molecule has 23 heavy (non-hydrogen) atoms. The molecule has 0 atom stereocenters. The third-order valence-electron chi connectivity index (χ3n) is 3.69. The summed E-state index contributed by atoms with van der Waals surface area (Å²) in [4.78, 5) is 13.5. The monoisotopic (exact) mass is 328 g/mol. The first-order valence-corrected chi connectivity index (χ1v) is 8.76. The number of nitrogens with zero attached hydrogens (tertiary/aromatic N) is 3. The Balaban J connectivity index is 2.18. The van der Waals surface area contributed by atoms with Gasteiger partial charge in [0.1, 0.15) is 0 Å². The molecule has 119 valence electrons. The van der Waals surface area contributed by atoms with Crippen molar-refractivity contribution in [2.75, 3.05) is 6.26 Å². The number of fused-ring (bicyclic) bond motifs is 1. The number of aromatic nitrogens is 3.